The lowest BCUT2D eigenvalue weighted by molar-refractivity contribution is -0.138. The highest BCUT2D eigenvalue weighted by atomic mass is 16.5. The molecule has 0 atom stereocenters. The predicted octanol–water partition coefficient (Wildman–Crippen LogP) is 2.04. The van der Waals surface area contributed by atoms with Crippen molar-refractivity contribution >= 4 is 23.7 Å². The van der Waals surface area contributed by atoms with Crippen LogP contribution in [0.2, 0.25) is 0 Å². The third-order valence-corrected chi connectivity index (χ3v) is 2.42. The zero-order chi connectivity index (χ0) is 14.4. The largest absolute Gasteiger partial charge is 0.461 e. The number of aromatic nitrogens is 2. The molecular weight excluding hydrogens is 256 g/mol. The number of ether oxygens (including phenoxy) is 1. The molecule has 0 bridgehead atoms. The van der Waals surface area contributed by atoms with Gasteiger partial charge in [0.05, 0.1) is 18.3 Å². The maximum absolute atomic E-state index is 11.8. The summed E-state index contributed by atoms with van der Waals surface area (Å²) in [6, 6.07) is 8.05. The maximum atomic E-state index is 11.8. The van der Waals surface area contributed by atoms with E-state index >= 15 is 0 Å². The van der Waals surface area contributed by atoms with Gasteiger partial charge in [-0.05, 0) is 25.1 Å². The van der Waals surface area contributed by atoms with Crippen molar-refractivity contribution in [3.05, 3.63) is 42.0 Å². The summed E-state index contributed by atoms with van der Waals surface area (Å²) in [6.45, 7) is 2.01. The average molecular weight is 270 g/mol. The number of rotatable bonds is 4. The molecule has 0 radical (unpaired) electrons. The maximum Gasteiger partial charge on any atom is 0.357 e. The molecule has 0 spiro atoms. The van der Waals surface area contributed by atoms with Gasteiger partial charge in [-0.15, -0.1) is 0 Å². The van der Waals surface area contributed by atoms with E-state index in [0.29, 0.717) is 5.69 Å². The van der Waals surface area contributed by atoms with Crippen molar-refractivity contribution in [2.24, 2.45) is 9.98 Å². The summed E-state index contributed by atoms with van der Waals surface area (Å²) in [5.74, 6) is -0.527. The van der Waals surface area contributed by atoms with Crippen LogP contribution in [0.5, 0.6) is 0 Å². The average Bonchev–Trinajstić information content (AvgIpc) is 2.86. The standard InChI is InChI=1S/C14H14N4O2/c1-3-20-14(19)12(16-10-15-2)8-11-9-18-7-5-4-6-13(18)17-11/h4-9H,3H2,1-2H3/b12-8-. The zero-order valence-electron chi connectivity index (χ0n) is 11.3. The molecule has 102 valence electrons. The fourth-order valence-electron chi connectivity index (χ4n) is 1.61. The van der Waals surface area contributed by atoms with Gasteiger partial charge in [-0.25, -0.2) is 14.8 Å². The van der Waals surface area contributed by atoms with Crippen LogP contribution in [0.25, 0.3) is 11.7 Å². The van der Waals surface area contributed by atoms with Crippen LogP contribution in [0, 0.1) is 0 Å². The Kier molecular flexibility index (Phi) is 4.42. The van der Waals surface area contributed by atoms with Crippen LogP contribution < -0.4 is 0 Å². The van der Waals surface area contributed by atoms with E-state index in [-0.39, 0.29) is 12.3 Å². The van der Waals surface area contributed by atoms with Gasteiger partial charge in [0.25, 0.3) is 0 Å². The molecular formula is C14H14N4O2. The first kappa shape index (κ1) is 13.7. The van der Waals surface area contributed by atoms with Gasteiger partial charge in [-0.3, -0.25) is 0 Å². The second-order valence-corrected chi connectivity index (χ2v) is 3.82. The zero-order valence-corrected chi connectivity index (χ0v) is 11.3. The molecule has 20 heavy (non-hydrogen) atoms. The number of carbonyl (C=O) groups excluding carboxylic acids is 1. The SMILES string of the molecule is CCOC(=O)/C(=C/c1cn2ccccc2n1)N=C=NC. The van der Waals surface area contributed by atoms with E-state index in [2.05, 4.69) is 21.0 Å². The second-order valence-electron chi connectivity index (χ2n) is 3.82. The van der Waals surface area contributed by atoms with Crippen molar-refractivity contribution in [3.63, 3.8) is 0 Å². The molecule has 0 aromatic carbocycles. The molecule has 0 saturated carbocycles. The highest BCUT2D eigenvalue weighted by Gasteiger charge is 2.10. The molecule has 0 N–H and O–H groups in total. The summed E-state index contributed by atoms with van der Waals surface area (Å²) >= 11 is 0. The van der Waals surface area contributed by atoms with E-state index in [9.17, 15) is 4.79 Å². The fourth-order valence-corrected chi connectivity index (χ4v) is 1.61. The topological polar surface area (TPSA) is 68.3 Å². The lowest BCUT2D eigenvalue weighted by Gasteiger charge is -1.99. The van der Waals surface area contributed by atoms with Crippen molar-refractivity contribution in [2.45, 2.75) is 6.92 Å². The normalized spacial score (nSPS) is 11.0. The number of esters is 1. The first-order valence-corrected chi connectivity index (χ1v) is 6.11. The Labute approximate surface area is 116 Å². The Hall–Kier alpha value is -2.72. The van der Waals surface area contributed by atoms with Crippen molar-refractivity contribution in [1.82, 2.24) is 9.38 Å². The van der Waals surface area contributed by atoms with E-state index in [4.69, 9.17) is 4.74 Å². The number of fused-ring (bicyclic) bond motifs is 1. The van der Waals surface area contributed by atoms with E-state index in [0.717, 1.165) is 5.65 Å². The van der Waals surface area contributed by atoms with E-state index in [1.807, 2.05) is 28.8 Å². The summed E-state index contributed by atoms with van der Waals surface area (Å²) in [5.41, 5.74) is 1.51. The van der Waals surface area contributed by atoms with E-state index in [1.165, 1.54) is 7.05 Å². The van der Waals surface area contributed by atoms with Gasteiger partial charge < -0.3 is 9.14 Å². The number of nitrogens with zero attached hydrogens (tertiary/aromatic N) is 4. The Bertz CT molecular complexity index is 676. The Balaban J connectivity index is 2.40. The molecule has 6 nitrogen and oxygen atoms in total. The van der Waals surface area contributed by atoms with Gasteiger partial charge in [-0.2, -0.15) is 4.99 Å². The molecule has 0 aliphatic heterocycles. The highest BCUT2D eigenvalue weighted by molar-refractivity contribution is 5.94. The van der Waals surface area contributed by atoms with Gasteiger partial charge in [0.1, 0.15) is 5.65 Å². The summed E-state index contributed by atoms with van der Waals surface area (Å²) < 4.78 is 6.78. The smallest absolute Gasteiger partial charge is 0.357 e. The molecule has 2 aromatic heterocycles. The van der Waals surface area contributed by atoms with Crippen molar-refractivity contribution in [2.75, 3.05) is 13.7 Å². The van der Waals surface area contributed by atoms with Crippen LogP contribution in [0.15, 0.2) is 46.3 Å². The Morgan fingerprint density at radius 3 is 3.10 bits per heavy atom. The first-order valence-electron chi connectivity index (χ1n) is 6.11. The molecule has 0 amide bonds. The fraction of sp³-hybridized carbons (Fsp3) is 0.214. The van der Waals surface area contributed by atoms with Crippen LogP contribution in [0.1, 0.15) is 12.6 Å². The lowest BCUT2D eigenvalue weighted by Crippen LogP contribution is -2.05. The van der Waals surface area contributed by atoms with Crippen molar-refractivity contribution in [3.8, 4) is 0 Å². The lowest BCUT2D eigenvalue weighted by atomic mass is 10.3. The summed E-state index contributed by atoms with van der Waals surface area (Å²) in [7, 11) is 1.52. The predicted molar refractivity (Wildman–Crippen MR) is 75.6 cm³/mol. The number of aliphatic imine (C=N–C) groups is 2. The molecule has 0 aliphatic rings. The summed E-state index contributed by atoms with van der Waals surface area (Å²) in [4.78, 5) is 23.6. The van der Waals surface area contributed by atoms with Crippen LogP contribution in [-0.2, 0) is 9.53 Å². The van der Waals surface area contributed by atoms with Gasteiger partial charge in [0.15, 0.2) is 5.70 Å². The molecule has 0 unspecified atom stereocenters. The summed E-state index contributed by atoms with van der Waals surface area (Å²) in [6.07, 6.45) is 5.22. The van der Waals surface area contributed by atoms with Crippen molar-refractivity contribution in [1.29, 1.82) is 0 Å². The Morgan fingerprint density at radius 2 is 2.40 bits per heavy atom. The number of hydrogen-bond donors (Lipinski definition) is 0. The molecule has 2 heterocycles. The minimum atomic E-state index is -0.527. The van der Waals surface area contributed by atoms with Gasteiger partial charge in [0.2, 0.25) is 0 Å². The molecule has 0 aliphatic carbocycles. The third-order valence-electron chi connectivity index (χ3n) is 2.42. The van der Waals surface area contributed by atoms with Gasteiger partial charge in [-0.1, -0.05) is 6.07 Å². The monoisotopic (exact) mass is 270 g/mol. The highest BCUT2D eigenvalue weighted by Crippen LogP contribution is 2.10. The molecule has 2 rings (SSSR count). The Morgan fingerprint density at radius 1 is 1.55 bits per heavy atom. The molecule has 6 heteroatoms. The molecule has 0 saturated heterocycles. The molecule has 2 aromatic rings. The van der Waals surface area contributed by atoms with Crippen molar-refractivity contribution < 1.29 is 9.53 Å². The number of pyridine rings is 1. The van der Waals surface area contributed by atoms with Gasteiger partial charge >= 0.3 is 5.97 Å². The summed E-state index contributed by atoms with van der Waals surface area (Å²) in [5, 5.41) is 0. The number of carbonyl (C=O) groups is 1. The van der Waals surface area contributed by atoms with Gasteiger partial charge in [0, 0.05) is 19.4 Å². The minimum Gasteiger partial charge on any atom is -0.461 e. The van der Waals surface area contributed by atoms with Crippen LogP contribution in [-0.4, -0.2) is 35.0 Å². The minimum absolute atomic E-state index is 0.112. The van der Waals surface area contributed by atoms with E-state index < -0.39 is 5.97 Å². The first-order chi connectivity index (χ1) is 9.74. The van der Waals surface area contributed by atoms with E-state index in [1.54, 1.807) is 19.2 Å². The quantitative estimate of drug-likeness (QED) is 0.485. The number of hydrogen-bond acceptors (Lipinski definition) is 5. The number of imidazole rings is 1. The van der Waals surface area contributed by atoms with Crippen LogP contribution >= 0.6 is 0 Å². The molecule has 0 fully saturated rings. The van der Waals surface area contributed by atoms with Crippen LogP contribution in [0.3, 0.4) is 0 Å². The second kappa shape index (κ2) is 6.45. The van der Waals surface area contributed by atoms with Crippen LogP contribution in [0.4, 0.5) is 0 Å². The third kappa shape index (κ3) is 3.18.